The molecule has 0 aliphatic carbocycles. The number of anilines is 1. The van der Waals surface area contributed by atoms with Gasteiger partial charge in [0.15, 0.2) is 0 Å². The first-order valence-electron chi connectivity index (χ1n) is 5.45. The summed E-state index contributed by atoms with van der Waals surface area (Å²) in [5, 5.41) is 10.9. The fraction of sp³-hybridized carbons (Fsp3) is 0.0714. The van der Waals surface area contributed by atoms with Crippen LogP contribution < -0.4 is 5.06 Å². The second-order valence-corrected chi connectivity index (χ2v) is 4.29. The molecule has 1 N–H and O–H groups in total. The van der Waals surface area contributed by atoms with Crippen molar-refractivity contribution in [1.29, 1.82) is 0 Å². The van der Waals surface area contributed by atoms with Gasteiger partial charge in [-0.1, -0.05) is 41.9 Å². The second-order valence-electron chi connectivity index (χ2n) is 3.88. The van der Waals surface area contributed by atoms with E-state index in [0.29, 0.717) is 15.8 Å². The molecule has 0 atom stereocenters. The molecule has 0 aliphatic heterocycles. The maximum atomic E-state index is 12.1. The van der Waals surface area contributed by atoms with Crippen LogP contribution in [0.25, 0.3) is 0 Å². The van der Waals surface area contributed by atoms with Crippen molar-refractivity contribution in [2.75, 3.05) is 5.06 Å². The van der Waals surface area contributed by atoms with Crippen molar-refractivity contribution in [3.63, 3.8) is 0 Å². The lowest BCUT2D eigenvalue weighted by Gasteiger charge is -2.17. The highest BCUT2D eigenvalue weighted by atomic mass is 35.5. The van der Waals surface area contributed by atoms with Crippen molar-refractivity contribution >= 4 is 23.2 Å². The number of hydroxylamine groups is 1. The highest BCUT2D eigenvalue weighted by molar-refractivity contribution is 6.34. The molecule has 0 aromatic heterocycles. The summed E-state index contributed by atoms with van der Waals surface area (Å²) in [6.07, 6.45) is 0. The van der Waals surface area contributed by atoms with Crippen LogP contribution in [-0.2, 0) is 0 Å². The smallest absolute Gasteiger partial charge is 0.281 e. The molecule has 2 aromatic rings. The quantitative estimate of drug-likeness (QED) is 0.662. The molecule has 0 aliphatic rings. The third kappa shape index (κ3) is 2.37. The van der Waals surface area contributed by atoms with Gasteiger partial charge in [0.1, 0.15) is 0 Å². The van der Waals surface area contributed by atoms with E-state index in [1.807, 2.05) is 19.1 Å². The Bertz CT molecular complexity index is 584. The lowest BCUT2D eigenvalue weighted by atomic mass is 10.1. The molecule has 0 saturated heterocycles. The van der Waals surface area contributed by atoms with Crippen molar-refractivity contribution in [3.05, 3.63) is 64.7 Å². The van der Waals surface area contributed by atoms with Crippen molar-refractivity contribution in [2.45, 2.75) is 6.92 Å². The Hall–Kier alpha value is -1.84. The molecule has 18 heavy (non-hydrogen) atoms. The third-order valence-electron chi connectivity index (χ3n) is 2.64. The van der Waals surface area contributed by atoms with Crippen LogP contribution in [0.4, 0.5) is 5.69 Å². The van der Waals surface area contributed by atoms with E-state index in [0.717, 1.165) is 5.56 Å². The Balaban J connectivity index is 2.36. The molecule has 1 amide bonds. The van der Waals surface area contributed by atoms with Gasteiger partial charge in [-0.3, -0.25) is 10.0 Å². The van der Waals surface area contributed by atoms with E-state index in [-0.39, 0.29) is 5.56 Å². The number of carbonyl (C=O) groups excluding carboxylic acids is 1. The van der Waals surface area contributed by atoms with Crippen molar-refractivity contribution in [1.82, 2.24) is 0 Å². The van der Waals surface area contributed by atoms with Crippen molar-refractivity contribution in [3.8, 4) is 0 Å². The number of benzene rings is 2. The fourth-order valence-electron chi connectivity index (χ4n) is 1.66. The van der Waals surface area contributed by atoms with Gasteiger partial charge in [-0.15, -0.1) is 0 Å². The zero-order valence-corrected chi connectivity index (χ0v) is 10.6. The molecule has 0 bridgehead atoms. The minimum Gasteiger partial charge on any atom is -0.281 e. The Kier molecular flexibility index (Phi) is 3.65. The highest BCUT2D eigenvalue weighted by Gasteiger charge is 2.19. The van der Waals surface area contributed by atoms with Crippen molar-refractivity contribution in [2.24, 2.45) is 0 Å². The summed E-state index contributed by atoms with van der Waals surface area (Å²) >= 11 is 5.93. The number of para-hydroxylation sites is 1. The number of hydrogen-bond acceptors (Lipinski definition) is 2. The standard InChI is InChI=1S/C14H12ClNO2/c1-10-6-2-5-9-13(10)16(18)14(17)11-7-3-4-8-12(11)15/h2-9,18H,1H3. The SMILES string of the molecule is Cc1ccccc1N(O)C(=O)c1ccccc1Cl. The van der Waals surface area contributed by atoms with E-state index in [1.54, 1.807) is 36.4 Å². The first-order valence-corrected chi connectivity index (χ1v) is 5.82. The van der Waals surface area contributed by atoms with E-state index in [9.17, 15) is 10.0 Å². The van der Waals surface area contributed by atoms with Crippen LogP contribution in [0.5, 0.6) is 0 Å². The van der Waals surface area contributed by atoms with Crippen LogP contribution in [0.1, 0.15) is 15.9 Å². The fourth-order valence-corrected chi connectivity index (χ4v) is 1.88. The minimum absolute atomic E-state index is 0.268. The van der Waals surface area contributed by atoms with Gasteiger partial charge >= 0.3 is 0 Å². The molecular weight excluding hydrogens is 250 g/mol. The molecule has 2 rings (SSSR count). The van der Waals surface area contributed by atoms with Crippen LogP contribution in [0.2, 0.25) is 5.02 Å². The summed E-state index contributed by atoms with van der Waals surface area (Å²) in [5.74, 6) is -0.546. The maximum absolute atomic E-state index is 12.1. The molecular formula is C14H12ClNO2. The molecule has 0 radical (unpaired) electrons. The van der Waals surface area contributed by atoms with Gasteiger partial charge in [0.25, 0.3) is 5.91 Å². The Labute approximate surface area is 110 Å². The van der Waals surface area contributed by atoms with Gasteiger partial charge in [-0.2, -0.15) is 5.06 Å². The Morgan fingerprint density at radius 1 is 1.11 bits per heavy atom. The number of nitrogens with zero attached hydrogens (tertiary/aromatic N) is 1. The average Bonchev–Trinajstić information content (AvgIpc) is 2.38. The number of carbonyl (C=O) groups is 1. The predicted molar refractivity (Wildman–Crippen MR) is 71.2 cm³/mol. The van der Waals surface area contributed by atoms with Gasteiger partial charge in [-0.05, 0) is 30.7 Å². The summed E-state index contributed by atoms with van der Waals surface area (Å²) < 4.78 is 0. The maximum Gasteiger partial charge on any atom is 0.283 e. The normalized spacial score (nSPS) is 10.2. The van der Waals surface area contributed by atoms with Crippen LogP contribution in [0.3, 0.4) is 0 Å². The van der Waals surface area contributed by atoms with E-state index in [4.69, 9.17) is 11.6 Å². The average molecular weight is 262 g/mol. The zero-order valence-electron chi connectivity index (χ0n) is 9.80. The lowest BCUT2D eigenvalue weighted by Crippen LogP contribution is -2.27. The Morgan fingerprint density at radius 2 is 1.72 bits per heavy atom. The largest absolute Gasteiger partial charge is 0.283 e. The first-order chi connectivity index (χ1) is 8.61. The molecule has 0 unspecified atom stereocenters. The molecule has 2 aromatic carbocycles. The molecule has 0 saturated carbocycles. The molecule has 0 fully saturated rings. The monoisotopic (exact) mass is 261 g/mol. The zero-order chi connectivity index (χ0) is 13.1. The lowest BCUT2D eigenvalue weighted by molar-refractivity contribution is 0.0854. The number of aryl methyl sites for hydroxylation is 1. The first kappa shape index (κ1) is 12.6. The van der Waals surface area contributed by atoms with Crippen LogP contribution >= 0.6 is 11.6 Å². The Morgan fingerprint density at radius 3 is 2.39 bits per heavy atom. The van der Waals surface area contributed by atoms with Crippen LogP contribution in [0.15, 0.2) is 48.5 Å². The van der Waals surface area contributed by atoms with E-state index >= 15 is 0 Å². The number of halogens is 1. The van der Waals surface area contributed by atoms with Crippen LogP contribution in [-0.4, -0.2) is 11.1 Å². The van der Waals surface area contributed by atoms with Crippen LogP contribution in [0, 0.1) is 6.92 Å². The summed E-state index contributed by atoms with van der Waals surface area (Å²) in [6.45, 7) is 1.82. The van der Waals surface area contributed by atoms with Gasteiger partial charge in [0.2, 0.25) is 0 Å². The minimum atomic E-state index is -0.546. The summed E-state index contributed by atoms with van der Waals surface area (Å²) in [5.41, 5.74) is 1.52. The van der Waals surface area contributed by atoms with Gasteiger partial charge < -0.3 is 0 Å². The van der Waals surface area contributed by atoms with E-state index < -0.39 is 5.91 Å². The molecule has 3 nitrogen and oxygen atoms in total. The van der Waals surface area contributed by atoms with Crippen molar-refractivity contribution < 1.29 is 10.0 Å². The number of hydrogen-bond donors (Lipinski definition) is 1. The highest BCUT2D eigenvalue weighted by Crippen LogP contribution is 2.22. The number of rotatable bonds is 2. The molecule has 0 spiro atoms. The predicted octanol–water partition coefficient (Wildman–Crippen LogP) is 3.68. The summed E-state index contributed by atoms with van der Waals surface area (Å²) in [7, 11) is 0. The topological polar surface area (TPSA) is 40.5 Å². The summed E-state index contributed by atoms with van der Waals surface area (Å²) in [4.78, 5) is 12.1. The van der Waals surface area contributed by atoms with E-state index in [2.05, 4.69) is 0 Å². The second kappa shape index (κ2) is 5.21. The molecule has 0 heterocycles. The van der Waals surface area contributed by atoms with Gasteiger partial charge in [-0.25, -0.2) is 0 Å². The van der Waals surface area contributed by atoms with E-state index in [1.165, 1.54) is 0 Å². The van der Waals surface area contributed by atoms with Gasteiger partial charge in [0.05, 0.1) is 16.3 Å². The van der Waals surface area contributed by atoms with Gasteiger partial charge in [0, 0.05) is 0 Å². The number of amides is 1. The summed E-state index contributed by atoms with van der Waals surface area (Å²) in [6, 6.07) is 13.7. The third-order valence-corrected chi connectivity index (χ3v) is 2.97. The molecule has 92 valence electrons. The molecule has 4 heteroatoms.